The molecule has 0 bridgehead atoms. The molecule has 4 N–H and O–H groups in total. The summed E-state index contributed by atoms with van der Waals surface area (Å²) < 4.78 is 22.0. The lowest BCUT2D eigenvalue weighted by molar-refractivity contribution is -0.226. The van der Waals surface area contributed by atoms with E-state index in [0.29, 0.717) is 5.56 Å². The summed E-state index contributed by atoms with van der Waals surface area (Å²) in [4.78, 5) is 27.8. The predicted molar refractivity (Wildman–Crippen MR) is 210 cm³/mol. The number of aromatic amines is 1. The van der Waals surface area contributed by atoms with Gasteiger partial charge < -0.3 is 25.1 Å². The lowest BCUT2D eigenvalue weighted by atomic mass is 9.95. The van der Waals surface area contributed by atoms with Gasteiger partial charge in [-0.05, 0) is 32.6 Å². The van der Waals surface area contributed by atoms with Crippen LogP contribution in [-0.2, 0) is 14.2 Å². The van der Waals surface area contributed by atoms with E-state index in [1.54, 1.807) is 13.0 Å². The molecule has 1 aromatic heterocycles. The van der Waals surface area contributed by atoms with Crippen molar-refractivity contribution in [3.05, 3.63) is 44.8 Å². The highest BCUT2D eigenvalue weighted by molar-refractivity contribution is 5.11. The molecule has 2 heterocycles. The van der Waals surface area contributed by atoms with E-state index in [4.69, 9.17) is 19.9 Å². The van der Waals surface area contributed by atoms with Crippen molar-refractivity contribution in [2.24, 2.45) is 5.73 Å². The largest absolute Gasteiger partial charge is 0.384 e. The zero-order chi connectivity index (χ0) is 37.3. The number of unbranched alkanes of at least 4 members (excludes halogenated alkanes) is 15. The van der Waals surface area contributed by atoms with Crippen LogP contribution in [0.2, 0.25) is 0 Å². The standard InChI is InChI=1S/C42H77N3O6/c1-6-10-14-18-22-26-35(25-21-17-13-9-4)49-33-42(32-43)38(50-36(27-23-19-15-11-7-2)28-24-20-16-12-8-3)30-29-37(46)40(51-42)45-31-34(5)39(47)44-41(45)48/h29-31,35-38,40,46H,6-28,32-33,43H2,1-5H3,(H,44,47,48)/t35?,37-,38+,40+,42?/m0/s1. The Bertz CT molecular complexity index is 1150. The quantitative estimate of drug-likeness (QED) is 0.0534. The SMILES string of the molecule is CCCCCCCC(CCCCCC)OCC1(CN)O[C@@H](n2cc(C)c(=O)[nH]c2=O)[C@@H](O)C=C[C@H]1OC(CCCCCCC)CCCCCCC. The van der Waals surface area contributed by atoms with E-state index >= 15 is 0 Å². The van der Waals surface area contributed by atoms with Crippen LogP contribution in [0.15, 0.2) is 27.9 Å². The van der Waals surface area contributed by atoms with Crippen LogP contribution < -0.4 is 17.0 Å². The minimum Gasteiger partial charge on any atom is -0.384 e. The van der Waals surface area contributed by atoms with Gasteiger partial charge in [-0.1, -0.05) is 162 Å². The number of aliphatic hydroxyl groups is 1. The van der Waals surface area contributed by atoms with E-state index in [1.807, 2.05) is 6.08 Å². The maximum atomic E-state index is 13.1. The third-order valence-electron chi connectivity index (χ3n) is 10.6. The fourth-order valence-electron chi connectivity index (χ4n) is 7.15. The van der Waals surface area contributed by atoms with Gasteiger partial charge in [0.05, 0.1) is 18.8 Å². The van der Waals surface area contributed by atoms with Crippen molar-refractivity contribution in [3.63, 3.8) is 0 Å². The van der Waals surface area contributed by atoms with Crippen LogP contribution in [0.5, 0.6) is 0 Å². The second-order valence-corrected chi connectivity index (χ2v) is 15.2. The zero-order valence-corrected chi connectivity index (χ0v) is 33.3. The van der Waals surface area contributed by atoms with Crippen molar-refractivity contribution in [2.45, 2.75) is 219 Å². The van der Waals surface area contributed by atoms with Gasteiger partial charge in [-0.15, -0.1) is 0 Å². The number of hydrogen-bond acceptors (Lipinski definition) is 7. The van der Waals surface area contributed by atoms with E-state index < -0.39 is 35.3 Å². The average Bonchev–Trinajstić information content (AvgIpc) is 3.25. The van der Waals surface area contributed by atoms with Crippen molar-refractivity contribution in [1.29, 1.82) is 0 Å². The third kappa shape index (κ3) is 16.8. The van der Waals surface area contributed by atoms with E-state index in [2.05, 4.69) is 32.7 Å². The van der Waals surface area contributed by atoms with Crippen LogP contribution >= 0.6 is 0 Å². The molecule has 2 unspecified atom stereocenters. The minimum absolute atomic E-state index is 0.00701. The molecule has 0 radical (unpaired) electrons. The summed E-state index contributed by atoms with van der Waals surface area (Å²) in [6.07, 6.45) is 28.6. The third-order valence-corrected chi connectivity index (χ3v) is 10.6. The molecule has 0 aliphatic carbocycles. The lowest BCUT2D eigenvalue weighted by Crippen LogP contribution is -2.57. The highest BCUT2D eigenvalue weighted by Gasteiger charge is 2.46. The lowest BCUT2D eigenvalue weighted by Gasteiger charge is -2.42. The van der Waals surface area contributed by atoms with Gasteiger partial charge in [0.1, 0.15) is 17.8 Å². The summed E-state index contributed by atoms with van der Waals surface area (Å²) in [5, 5.41) is 11.4. The Labute approximate surface area is 310 Å². The number of aromatic nitrogens is 2. The number of nitrogens with two attached hydrogens (primary N) is 1. The highest BCUT2D eigenvalue weighted by atomic mass is 16.6. The molecule has 296 valence electrons. The molecule has 1 aliphatic rings. The topological polar surface area (TPSA) is 129 Å². The van der Waals surface area contributed by atoms with Crippen LogP contribution in [0.4, 0.5) is 0 Å². The Hall–Kier alpha value is -1.78. The Morgan fingerprint density at radius 2 is 1.24 bits per heavy atom. The summed E-state index contributed by atoms with van der Waals surface area (Å²) >= 11 is 0. The molecular weight excluding hydrogens is 642 g/mol. The molecule has 1 aromatic rings. The number of H-pyrrole nitrogens is 1. The maximum Gasteiger partial charge on any atom is 0.330 e. The average molecular weight is 720 g/mol. The molecule has 51 heavy (non-hydrogen) atoms. The number of aryl methyl sites for hydroxylation is 1. The molecule has 0 spiro atoms. The summed E-state index contributed by atoms with van der Waals surface area (Å²) in [7, 11) is 0. The molecule has 0 saturated heterocycles. The summed E-state index contributed by atoms with van der Waals surface area (Å²) in [5.41, 5.74) is 4.77. The second-order valence-electron chi connectivity index (χ2n) is 15.2. The molecule has 2 rings (SSSR count). The Balaban J connectivity index is 2.44. The number of nitrogens with one attached hydrogen (secondary N) is 1. The summed E-state index contributed by atoms with van der Waals surface area (Å²) in [6.45, 7) is 10.8. The van der Waals surface area contributed by atoms with E-state index in [-0.39, 0.29) is 25.4 Å². The molecular formula is C42H77N3O6. The van der Waals surface area contributed by atoms with Gasteiger partial charge >= 0.3 is 5.69 Å². The number of hydrogen-bond donors (Lipinski definition) is 3. The number of nitrogens with zero attached hydrogens (tertiary/aromatic N) is 1. The van der Waals surface area contributed by atoms with Crippen LogP contribution in [0.1, 0.15) is 187 Å². The van der Waals surface area contributed by atoms with Gasteiger partial charge in [-0.2, -0.15) is 0 Å². The zero-order valence-electron chi connectivity index (χ0n) is 33.3. The van der Waals surface area contributed by atoms with Crippen LogP contribution in [-0.4, -0.2) is 57.8 Å². The van der Waals surface area contributed by atoms with E-state index in [0.717, 1.165) is 51.4 Å². The first kappa shape index (κ1) is 45.4. The minimum atomic E-state index is -1.17. The Kier molecular flexibility index (Phi) is 23.9. The normalized spacial score (nSPS) is 21.4. The first-order valence-electron chi connectivity index (χ1n) is 21.1. The number of rotatable bonds is 30. The predicted octanol–water partition coefficient (Wildman–Crippen LogP) is 9.18. The fourth-order valence-corrected chi connectivity index (χ4v) is 7.15. The van der Waals surface area contributed by atoms with Crippen molar-refractivity contribution < 1.29 is 19.3 Å². The van der Waals surface area contributed by atoms with Gasteiger partial charge in [0.25, 0.3) is 5.56 Å². The first-order chi connectivity index (χ1) is 24.7. The van der Waals surface area contributed by atoms with Crippen LogP contribution in [0.25, 0.3) is 0 Å². The van der Waals surface area contributed by atoms with Gasteiger partial charge in [0.15, 0.2) is 6.23 Å². The van der Waals surface area contributed by atoms with Gasteiger partial charge in [0.2, 0.25) is 0 Å². The summed E-state index contributed by atoms with van der Waals surface area (Å²) in [5.74, 6) is 0. The molecule has 0 amide bonds. The molecule has 0 saturated carbocycles. The first-order valence-corrected chi connectivity index (χ1v) is 21.1. The molecule has 9 nitrogen and oxygen atoms in total. The molecule has 0 fully saturated rings. The second kappa shape index (κ2) is 26.9. The van der Waals surface area contributed by atoms with Gasteiger partial charge in [0, 0.05) is 18.3 Å². The fraction of sp³-hybridized carbons (Fsp3) is 0.857. The molecule has 1 aliphatic heterocycles. The van der Waals surface area contributed by atoms with Crippen molar-refractivity contribution >= 4 is 0 Å². The van der Waals surface area contributed by atoms with Crippen molar-refractivity contribution in [3.8, 4) is 0 Å². The molecule has 5 atom stereocenters. The number of ether oxygens (including phenoxy) is 3. The number of aliphatic hydroxyl groups excluding tert-OH is 1. The molecule has 9 heteroatoms. The van der Waals surface area contributed by atoms with Gasteiger partial charge in [-0.3, -0.25) is 14.3 Å². The summed E-state index contributed by atoms with van der Waals surface area (Å²) in [6, 6.07) is 0. The highest BCUT2D eigenvalue weighted by Crippen LogP contribution is 2.34. The Morgan fingerprint density at radius 1 is 0.765 bits per heavy atom. The monoisotopic (exact) mass is 720 g/mol. The van der Waals surface area contributed by atoms with Gasteiger partial charge in [-0.25, -0.2) is 4.79 Å². The Morgan fingerprint density at radius 3 is 1.73 bits per heavy atom. The van der Waals surface area contributed by atoms with E-state index in [9.17, 15) is 14.7 Å². The van der Waals surface area contributed by atoms with Crippen molar-refractivity contribution in [2.75, 3.05) is 13.2 Å². The van der Waals surface area contributed by atoms with Crippen molar-refractivity contribution in [1.82, 2.24) is 9.55 Å². The molecule has 0 aromatic carbocycles. The van der Waals surface area contributed by atoms with Crippen LogP contribution in [0.3, 0.4) is 0 Å². The van der Waals surface area contributed by atoms with Crippen LogP contribution in [0, 0.1) is 6.92 Å². The smallest absolute Gasteiger partial charge is 0.330 e. The maximum absolute atomic E-state index is 13.1. The van der Waals surface area contributed by atoms with E-state index in [1.165, 1.54) is 107 Å².